The summed E-state index contributed by atoms with van der Waals surface area (Å²) in [6, 6.07) is 13.0. The van der Waals surface area contributed by atoms with Gasteiger partial charge in [-0.15, -0.1) is 0 Å². The Kier molecular flexibility index (Phi) is 8.89. The maximum atomic E-state index is 13.0. The Balaban J connectivity index is 1.75. The first-order chi connectivity index (χ1) is 17.6. The zero-order chi connectivity index (χ0) is 27.1. The molecule has 1 heterocycles. The Morgan fingerprint density at radius 3 is 2.30 bits per heavy atom. The third kappa shape index (κ3) is 6.66. The first kappa shape index (κ1) is 27.3. The molecule has 0 spiro atoms. The van der Waals surface area contributed by atoms with Gasteiger partial charge in [0.1, 0.15) is 11.6 Å². The number of carbonyl (C=O) groups excluding carboxylic acids is 2. The summed E-state index contributed by atoms with van der Waals surface area (Å²) in [5, 5.41) is 0. The number of aromatic nitrogens is 2. The van der Waals surface area contributed by atoms with E-state index < -0.39 is 29.7 Å². The van der Waals surface area contributed by atoms with Crippen molar-refractivity contribution in [2.24, 2.45) is 0 Å². The average molecular weight is 509 g/mol. The summed E-state index contributed by atoms with van der Waals surface area (Å²) in [6.07, 6.45) is 0.492. The number of nitrogens with one attached hydrogen (secondary N) is 1. The molecule has 10 heteroatoms. The number of aryl methyl sites for hydroxylation is 3. The maximum Gasteiger partial charge on any atom is 0.344 e. The summed E-state index contributed by atoms with van der Waals surface area (Å²) >= 11 is 0. The molecule has 0 saturated carbocycles. The largest absolute Gasteiger partial charge is 0.481 e. The van der Waals surface area contributed by atoms with Gasteiger partial charge in [0.2, 0.25) is 0 Å². The quantitative estimate of drug-likeness (QED) is 0.401. The lowest BCUT2D eigenvalue weighted by Crippen LogP contribution is -2.43. The van der Waals surface area contributed by atoms with E-state index in [1.165, 1.54) is 4.57 Å². The molecule has 0 fully saturated rings. The van der Waals surface area contributed by atoms with E-state index in [-0.39, 0.29) is 31.2 Å². The molecule has 0 radical (unpaired) electrons. The van der Waals surface area contributed by atoms with E-state index in [1.807, 2.05) is 70.2 Å². The molecule has 1 amide bonds. The second-order valence-electron chi connectivity index (χ2n) is 8.79. The molecule has 0 unspecified atom stereocenters. The highest BCUT2D eigenvalue weighted by Gasteiger charge is 2.25. The standard InChI is InChI=1S/C27H32N4O6/c1-5-11-30(21(32)15-36-22(33)16-37-24-18(3)12-17(2)13-19(24)4)23-25(28)31(27(35)29-26(23)34)14-20-9-7-6-8-10-20/h6-10,12-13H,5,11,14-16,28H2,1-4H3,(H,29,34,35). The molecule has 0 bridgehead atoms. The summed E-state index contributed by atoms with van der Waals surface area (Å²) in [5.74, 6) is -0.957. The number of rotatable bonds is 10. The van der Waals surface area contributed by atoms with Gasteiger partial charge in [-0.1, -0.05) is 55.0 Å². The van der Waals surface area contributed by atoms with Gasteiger partial charge in [-0.2, -0.15) is 0 Å². The minimum atomic E-state index is -0.798. The van der Waals surface area contributed by atoms with Gasteiger partial charge in [-0.05, 0) is 43.9 Å². The van der Waals surface area contributed by atoms with Crippen LogP contribution in [0.4, 0.5) is 11.5 Å². The van der Waals surface area contributed by atoms with Crippen LogP contribution in [-0.4, -0.2) is 41.2 Å². The van der Waals surface area contributed by atoms with Crippen molar-refractivity contribution < 1.29 is 19.1 Å². The van der Waals surface area contributed by atoms with Crippen molar-refractivity contribution in [2.75, 3.05) is 30.4 Å². The van der Waals surface area contributed by atoms with Gasteiger partial charge in [0.15, 0.2) is 18.9 Å². The van der Waals surface area contributed by atoms with Crippen LogP contribution in [0.15, 0.2) is 52.1 Å². The number of nitrogen functional groups attached to an aromatic ring is 1. The van der Waals surface area contributed by atoms with E-state index in [4.69, 9.17) is 15.2 Å². The van der Waals surface area contributed by atoms with E-state index in [1.54, 1.807) is 0 Å². The molecule has 37 heavy (non-hydrogen) atoms. The Hall–Kier alpha value is -4.34. The number of nitrogens with zero attached hydrogens (tertiary/aromatic N) is 2. The minimum Gasteiger partial charge on any atom is -0.481 e. The van der Waals surface area contributed by atoms with Crippen LogP contribution in [0, 0.1) is 20.8 Å². The number of hydrogen-bond donors (Lipinski definition) is 2. The van der Waals surface area contributed by atoms with Crippen LogP contribution < -0.4 is 26.6 Å². The molecule has 0 aliphatic carbocycles. The van der Waals surface area contributed by atoms with Crippen LogP contribution in [-0.2, 0) is 20.9 Å². The molecule has 3 aromatic rings. The number of aromatic amines is 1. The molecule has 1 aromatic heterocycles. The van der Waals surface area contributed by atoms with Crippen molar-refractivity contribution in [2.45, 2.75) is 40.7 Å². The lowest BCUT2D eigenvalue weighted by molar-refractivity contribution is -0.149. The van der Waals surface area contributed by atoms with Gasteiger partial charge >= 0.3 is 11.7 Å². The predicted molar refractivity (Wildman–Crippen MR) is 141 cm³/mol. The minimum absolute atomic E-state index is 0.105. The van der Waals surface area contributed by atoms with Crippen molar-refractivity contribution >= 4 is 23.4 Å². The fourth-order valence-corrected chi connectivity index (χ4v) is 4.13. The highest BCUT2D eigenvalue weighted by Crippen LogP contribution is 2.24. The zero-order valence-electron chi connectivity index (χ0n) is 21.5. The number of benzene rings is 2. The van der Waals surface area contributed by atoms with Crippen LogP contribution in [0.5, 0.6) is 5.75 Å². The van der Waals surface area contributed by atoms with Crippen molar-refractivity contribution in [1.82, 2.24) is 9.55 Å². The van der Waals surface area contributed by atoms with Gasteiger partial charge < -0.3 is 20.1 Å². The predicted octanol–water partition coefficient (Wildman–Crippen LogP) is 2.46. The molecule has 196 valence electrons. The second kappa shape index (κ2) is 12.1. The van der Waals surface area contributed by atoms with Crippen molar-refractivity contribution in [1.29, 1.82) is 0 Å². The highest BCUT2D eigenvalue weighted by molar-refractivity contribution is 5.97. The molecule has 0 atom stereocenters. The number of H-pyrrole nitrogens is 1. The number of hydrogen-bond acceptors (Lipinski definition) is 7. The van der Waals surface area contributed by atoms with Gasteiger partial charge in [-0.25, -0.2) is 9.59 Å². The fraction of sp³-hybridized carbons (Fsp3) is 0.333. The van der Waals surface area contributed by atoms with E-state index in [9.17, 15) is 19.2 Å². The Morgan fingerprint density at radius 2 is 1.68 bits per heavy atom. The maximum absolute atomic E-state index is 13.0. The van der Waals surface area contributed by atoms with Crippen molar-refractivity contribution in [3.8, 4) is 5.75 Å². The number of esters is 1. The summed E-state index contributed by atoms with van der Waals surface area (Å²) < 4.78 is 11.9. The third-order valence-electron chi connectivity index (χ3n) is 5.71. The zero-order valence-corrected chi connectivity index (χ0v) is 21.5. The molecule has 2 aromatic carbocycles. The topological polar surface area (TPSA) is 137 Å². The molecule has 0 aliphatic rings. The SMILES string of the molecule is CCCN(C(=O)COC(=O)COc1c(C)cc(C)cc1C)c1c(N)n(Cc2ccccc2)c(=O)[nH]c1=O. The van der Waals surface area contributed by atoms with Gasteiger partial charge in [0.25, 0.3) is 11.5 Å². The van der Waals surface area contributed by atoms with Gasteiger partial charge in [0, 0.05) is 6.54 Å². The fourth-order valence-electron chi connectivity index (χ4n) is 4.13. The van der Waals surface area contributed by atoms with E-state index >= 15 is 0 Å². The first-order valence-electron chi connectivity index (χ1n) is 12.0. The van der Waals surface area contributed by atoms with Crippen molar-refractivity contribution in [3.05, 3.63) is 85.6 Å². The first-order valence-corrected chi connectivity index (χ1v) is 12.0. The Bertz CT molecular complexity index is 1370. The van der Waals surface area contributed by atoms with Crippen LogP contribution in [0.3, 0.4) is 0 Å². The highest BCUT2D eigenvalue weighted by atomic mass is 16.6. The molecular formula is C27H32N4O6. The van der Waals surface area contributed by atoms with Gasteiger partial charge in [-0.3, -0.25) is 19.1 Å². The van der Waals surface area contributed by atoms with Crippen molar-refractivity contribution in [3.63, 3.8) is 0 Å². The molecule has 0 aliphatic heterocycles. The molecule has 3 rings (SSSR count). The lowest BCUT2D eigenvalue weighted by atomic mass is 10.1. The lowest BCUT2D eigenvalue weighted by Gasteiger charge is -2.24. The van der Waals surface area contributed by atoms with Crippen LogP contribution >= 0.6 is 0 Å². The third-order valence-corrected chi connectivity index (χ3v) is 5.71. The van der Waals surface area contributed by atoms with Crippen LogP contribution in [0.1, 0.15) is 35.6 Å². The van der Waals surface area contributed by atoms with E-state index in [2.05, 4.69) is 4.98 Å². The van der Waals surface area contributed by atoms with Gasteiger partial charge in [0.05, 0.1) is 6.54 Å². The number of carbonyl (C=O) groups is 2. The molecule has 3 N–H and O–H groups in total. The summed E-state index contributed by atoms with van der Waals surface area (Å²) in [5.41, 5.74) is 8.21. The summed E-state index contributed by atoms with van der Waals surface area (Å²) in [4.78, 5) is 53.9. The van der Waals surface area contributed by atoms with E-state index in [0.717, 1.165) is 27.2 Å². The monoisotopic (exact) mass is 508 g/mol. The number of anilines is 2. The Labute approximate surface area is 214 Å². The molecular weight excluding hydrogens is 476 g/mol. The Morgan fingerprint density at radius 1 is 1.03 bits per heavy atom. The van der Waals surface area contributed by atoms with Crippen LogP contribution in [0.2, 0.25) is 0 Å². The summed E-state index contributed by atoms with van der Waals surface area (Å²) in [7, 11) is 0. The average Bonchev–Trinajstić information content (AvgIpc) is 2.84. The normalized spacial score (nSPS) is 10.7. The number of nitrogens with two attached hydrogens (primary N) is 1. The smallest absolute Gasteiger partial charge is 0.344 e. The van der Waals surface area contributed by atoms with Crippen LogP contribution in [0.25, 0.3) is 0 Å². The summed E-state index contributed by atoms with van der Waals surface area (Å²) in [6.45, 7) is 6.78. The molecule has 10 nitrogen and oxygen atoms in total. The van der Waals surface area contributed by atoms with E-state index in [0.29, 0.717) is 12.2 Å². The second-order valence-corrected chi connectivity index (χ2v) is 8.79. The number of ether oxygens (including phenoxy) is 2. The molecule has 0 saturated heterocycles. The number of amides is 1.